The van der Waals surface area contributed by atoms with Gasteiger partial charge >= 0.3 is 6.03 Å². The van der Waals surface area contributed by atoms with Crippen LogP contribution in [0.4, 0.5) is 4.79 Å². The Morgan fingerprint density at radius 2 is 1.96 bits per heavy atom. The van der Waals surface area contributed by atoms with Crippen molar-refractivity contribution in [3.63, 3.8) is 0 Å². The van der Waals surface area contributed by atoms with Crippen LogP contribution in [0.3, 0.4) is 0 Å². The zero-order chi connectivity index (χ0) is 18.9. The van der Waals surface area contributed by atoms with Crippen LogP contribution >= 0.6 is 23.2 Å². The van der Waals surface area contributed by atoms with Crippen molar-refractivity contribution in [3.8, 4) is 0 Å². The molecule has 0 radical (unpaired) electrons. The molecule has 1 unspecified atom stereocenters. The van der Waals surface area contributed by atoms with Crippen LogP contribution in [-0.2, 0) is 16.1 Å². The molecular formula is C17H24Cl2N4O3. The number of morpholine rings is 1. The maximum Gasteiger partial charge on any atom is 0.314 e. The van der Waals surface area contributed by atoms with Gasteiger partial charge in [0.2, 0.25) is 5.91 Å². The van der Waals surface area contributed by atoms with Gasteiger partial charge in [0.25, 0.3) is 0 Å². The van der Waals surface area contributed by atoms with Gasteiger partial charge in [-0.25, -0.2) is 4.79 Å². The number of nitrogens with zero attached hydrogens (tertiary/aromatic N) is 1. The second kappa shape index (κ2) is 10.6. The molecule has 1 heterocycles. The predicted octanol–water partition coefficient (Wildman–Crippen LogP) is 1.63. The van der Waals surface area contributed by atoms with Crippen molar-refractivity contribution in [2.75, 3.05) is 39.3 Å². The Hall–Kier alpha value is -1.54. The fourth-order valence-electron chi connectivity index (χ4n) is 2.63. The van der Waals surface area contributed by atoms with Crippen LogP contribution in [0.2, 0.25) is 10.0 Å². The first-order chi connectivity index (χ1) is 12.4. The summed E-state index contributed by atoms with van der Waals surface area (Å²) in [5, 5.41) is 9.17. The van der Waals surface area contributed by atoms with Gasteiger partial charge in [-0.2, -0.15) is 0 Å². The van der Waals surface area contributed by atoms with E-state index in [9.17, 15) is 9.59 Å². The lowest BCUT2D eigenvalue weighted by atomic mass is 10.2. The van der Waals surface area contributed by atoms with Crippen LogP contribution in [-0.4, -0.2) is 62.3 Å². The Bertz CT molecular complexity index is 630. The van der Waals surface area contributed by atoms with Gasteiger partial charge in [0, 0.05) is 46.2 Å². The van der Waals surface area contributed by atoms with Crippen LogP contribution in [0.5, 0.6) is 0 Å². The van der Waals surface area contributed by atoms with Gasteiger partial charge in [-0.1, -0.05) is 29.3 Å². The van der Waals surface area contributed by atoms with E-state index in [0.29, 0.717) is 42.8 Å². The van der Waals surface area contributed by atoms with E-state index in [1.54, 1.807) is 6.07 Å². The first kappa shape index (κ1) is 20.8. The summed E-state index contributed by atoms with van der Waals surface area (Å²) in [7, 11) is 0. The van der Waals surface area contributed by atoms with Crippen LogP contribution in [0.25, 0.3) is 0 Å². The number of halogens is 2. The second-order valence-corrected chi connectivity index (χ2v) is 6.91. The molecule has 0 saturated carbocycles. The van der Waals surface area contributed by atoms with E-state index >= 15 is 0 Å². The highest BCUT2D eigenvalue weighted by Gasteiger charge is 2.21. The third kappa shape index (κ3) is 7.37. The quantitative estimate of drug-likeness (QED) is 0.605. The first-order valence-electron chi connectivity index (χ1n) is 8.48. The van der Waals surface area contributed by atoms with E-state index in [1.807, 2.05) is 12.1 Å². The lowest BCUT2D eigenvalue weighted by molar-refractivity contribution is -0.118. The largest absolute Gasteiger partial charge is 0.374 e. The Balaban J connectivity index is 1.69. The molecule has 26 heavy (non-hydrogen) atoms. The maximum atomic E-state index is 11.7. The summed E-state index contributed by atoms with van der Waals surface area (Å²) in [6.45, 7) is 5.53. The van der Waals surface area contributed by atoms with Crippen LogP contribution in [0, 0.1) is 0 Å². The average molecular weight is 403 g/mol. The molecular weight excluding hydrogens is 379 g/mol. The van der Waals surface area contributed by atoms with Crippen molar-refractivity contribution < 1.29 is 14.3 Å². The summed E-state index contributed by atoms with van der Waals surface area (Å²) in [6, 6.07) is 5.35. The number of carbonyl (C=O) groups is 2. The normalized spacial score (nSPS) is 17.6. The molecule has 9 heteroatoms. The second-order valence-electron chi connectivity index (χ2n) is 6.10. The van der Waals surface area contributed by atoms with Crippen molar-refractivity contribution >= 4 is 35.1 Å². The SMILES string of the molecule is CC(=O)NCCNC(=O)NCC1CN(Cc2ccc(Cl)c(Cl)c2)CCO1. The van der Waals surface area contributed by atoms with Crippen LogP contribution < -0.4 is 16.0 Å². The van der Waals surface area contributed by atoms with Gasteiger partial charge < -0.3 is 20.7 Å². The van der Waals surface area contributed by atoms with Crippen molar-refractivity contribution in [1.29, 1.82) is 0 Å². The minimum absolute atomic E-state index is 0.0763. The number of amides is 3. The van der Waals surface area contributed by atoms with Crippen molar-refractivity contribution in [2.45, 2.75) is 19.6 Å². The number of rotatable bonds is 7. The molecule has 1 aliphatic rings. The maximum absolute atomic E-state index is 11.7. The third-order valence-electron chi connectivity index (χ3n) is 3.89. The topological polar surface area (TPSA) is 82.7 Å². The zero-order valence-corrected chi connectivity index (χ0v) is 16.2. The van der Waals surface area contributed by atoms with Crippen LogP contribution in [0.1, 0.15) is 12.5 Å². The smallest absolute Gasteiger partial charge is 0.314 e. The molecule has 1 aromatic rings. The van der Waals surface area contributed by atoms with Gasteiger partial charge in [-0.05, 0) is 17.7 Å². The molecule has 1 atom stereocenters. The standard InChI is InChI=1S/C17H24Cl2N4O3/c1-12(24)20-4-5-21-17(25)22-9-14-11-23(6-7-26-14)10-13-2-3-15(18)16(19)8-13/h2-3,8,14H,4-7,9-11H2,1H3,(H,20,24)(H2,21,22,25). The Morgan fingerprint density at radius 1 is 1.19 bits per heavy atom. The number of carbonyl (C=O) groups excluding carboxylic acids is 2. The zero-order valence-electron chi connectivity index (χ0n) is 14.7. The molecule has 1 aliphatic heterocycles. The molecule has 3 N–H and O–H groups in total. The van der Waals surface area contributed by atoms with E-state index in [1.165, 1.54) is 6.92 Å². The minimum atomic E-state index is -0.277. The van der Waals surface area contributed by atoms with Crippen molar-refractivity contribution in [2.24, 2.45) is 0 Å². The summed E-state index contributed by atoms with van der Waals surface area (Å²) >= 11 is 12.0. The molecule has 0 spiro atoms. The van der Waals surface area contributed by atoms with Crippen molar-refractivity contribution in [1.82, 2.24) is 20.9 Å². The summed E-state index contributed by atoms with van der Waals surface area (Å²) < 4.78 is 5.71. The summed E-state index contributed by atoms with van der Waals surface area (Å²) in [5.74, 6) is -0.120. The van der Waals surface area contributed by atoms with Gasteiger partial charge in [-0.15, -0.1) is 0 Å². The third-order valence-corrected chi connectivity index (χ3v) is 4.63. The monoisotopic (exact) mass is 402 g/mol. The number of hydrogen-bond acceptors (Lipinski definition) is 4. The molecule has 1 aromatic carbocycles. The van der Waals surface area contributed by atoms with Gasteiger partial charge in [0.15, 0.2) is 0 Å². The molecule has 1 saturated heterocycles. The number of ether oxygens (including phenoxy) is 1. The van der Waals surface area contributed by atoms with E-state index < -0.39 is 0 Å². The fraction of sp³-hybridized carbons (Fsp3) is 0.529. The highest BCUT2D eigenvalue weighted by Crippen LogP contribution is 2.23. The fourth-order valence-corrected chi connectivity index (χ4v) is 2.95. The highest BCUT2D eigenvalue weighted by atomic mass is 35.5. The van der Waals surface area contributed by atoms with Crippen LogP contribution in [0.15, 0.2) is 18.2 Å². The van der Waals surface area contributed by atoms with Gasteiger partial charge in [-0.3, -0.25) is 9.69 Å². The van der Waals surface area contributed by atoms with Gasteiger partial charge in [0.1, 0.15) is 0 Å². The molecule has 3 amide bonds. The summed E-state index contributed by atoms with van der Waals surface area (Å²) in [6.07, 6.45) is -0.0763. The Kier molecular flexibility index (Phi) is 8.44. The minimum Gasteiger partial charge on any atom is -0.374 e. The molecule has 7 nitrogen and oxygen atoms in total. The molecule has 1 fully saturated rings. The number of hydrogen-bond donors (Lipinski definition) is 3. The number of nitrogens with one attached hydrogen (secondary N) is 3. The van der Waals surface area contributed by atoms with E-state index in [4.69, 9.17) is 27.9 Å². The van der Waals surface area contributed by atoms with Gasteiger partial charge in [0.05, 0.1) is 22.8 Å². The molecule has 144 valence electrons. The lowest BCUT2D eigenvalue weighted by Gasteiger charge is -2.33. The molecule has 2 rings (SSSR count). The molecule has 0 bridgehead atoms. The highest BCUT2D eigenvalue weighted by molar-refractivity contribution is 6.42. The van der Waals surface area contributed by atoms with E-state index in [2.05, 4.69) is 20.9 Å². The summed E-state index contributed by atoms with van der Waals surface area (Å²) in [4.78, 5) is 24.7. The Morgan fingerprint density at radius 3 is 2.69 bits per heavy atom. The lowest BCUT2D eigenvalue weighted by Crippen LogP contribution is -2.49. The van der Waals surface area contributed by atoms with E-state index in [0.717, 1.165) is 18.7 Å². The average Bonchev–Trinajstić information content (AvgIpc) is 2.60. The number of urea groups is 1. The van der Waals surface area contributed by atoms with Crippen molar-refractivity contribution in [3.05, 3.63) is 33.8 Å². The Labute approximate surface area is 163 Å². The first-order valence-corrected chi connectivity index (χ1v) is 9.23. The number of benzene rings is 1. The summed E-state index contributed by atoms with van der Waals surface area (Å²) in [5.41, 5.74) is 1.09. The predicted molar refractivity (Wildman–Crippen MR) is 102 cm³/mol. The van der Waals surface area contributed by atoms with E-state index in [-0.39, 0.29) is 18.0 Å². The molecule has 0 aromatic heterocycles. The molecule has 0 aliphatic carbocycles.